The molecule has 0 aromatic carbocycles. The minimum Gasteiger partial charge on any atom is -0.391 e. The zero-order valence-electron chi connectivity index (χ0n) is 76.9. The van der Waals surface area contributed by atoms with Crippen LogP contribution in [-0.4, -0.2) is 127 Å². The highest BCUT2D eigenvalue weighted by Crippen LogP contribution is 1.84. The maximum Gasteiger partial charge on any atom is 0.115 e. The molecule has 6 aromatic rings. The van der Waals surface area contributed by atoms with Crippen LogP contribution < -0.4 is 32.0 Å². The van der Waals surface area contributed by atoms with E-state index in [0.29, 0.717) is 0 Å². The maximum absolute atomic E-state index is 3.85. The normalized spacial score (nSPS) is 8.25. The number of hydrazone groups is 1. The zero-order chi connectivity index (χ0) is 85.0. The maximum atomic E-state index is 3.85. The van der Waals surface area contributed by atoms with Crippen molar-refractivity contribution in [3.8, 4) is 0 Å². The summed E-state index contributed by atoms with van der Waals surface area (Å²) in [6.07, 6.45) is 41.3. The molecule has 11 rings (SSSR count). The van der Waals surface area contributed by atoms with Gasteiger partial charge in [0.15, 0.2) is 0 Å². The van der Waals surface area contributed by atoms with Crippen LogP contribution >= 0.6 is 0 Å². The van der Waals surface area contributed by atoms with Gasteiger partial charge in [-0.05, 0) is 49.0 Å². The smallest absolute Gasteiger partial charge is 0.115 e. The number of nitrogens with one attached hydrogen (secondary N) is 9. The summed E-state index contributed by atoms with van der Waals surface area (Å²) in [5.74, 6) is 0. The van der Waals surface area contributed by atoms with E-state index in [1.165, 1.54) is 12.7 Å². The van der Waals surface area contributed by atoms with Crippen LogP contribution in [0.4, 0.5) is 0 Å². The van der Waals surface area contributed by atoms with Crippen LogP contribution in [0.5, 0.6) is 0 Å². The van der Waals surface area contributed by atoms with Crippen LogP contribution in [0.1, 0.15) is 377 Å². The molecule has 682 valence electrons. The number of imidazole rings is 1. The van der Waals surface area contributed by atoms with E-state index < -0.39 is 0 Å². The first-order valence-electron chi connectivity index (χ1n) is 40.7. The van der Waals surface area contributed by atoms with E-state index >= 15 is 0 Å². The molecule has 0 bridgehead atoms. The largest absolute Gasteiger partial charge is 0.391 e. The predicted molar refractivity (Wildman–Crippen MR) is 535 cm³/mol. The number of aliphatic imine (C=N–C) groups is 1. The first-order chi connectivity index (χ1) is 51.0. The van der Waals surface area contributed by atoms with Crippen LogP contribution in [0, 0.1) is 0 Å². The summed E-state index contributed by atoms with van der Waals surface area (Å²) in [5, 5.41) is 32.3. The van der Waals surface area contributed by atoms with E-state index in [-0.39, 0.29) is 59.4 Å². The Morgan fingerprint density at radius 1 is 0.282 bits per heavy atom. The van der Waals surface area contributed by atoms with Gasteiger partial charge in [-0.25, -0.2) is 15.0 Å². The number of aromatic nitrogens is 11. The molecule has 1 saturated heterocycles. The van der Waals surface area contributed by atoms with Crippen LogP contribution in [0.2, 0.25) is 0 Å². The van der Waals surface area contributed by atoms with Crippen molar-refractivity contribution < 1.29 is 0 Å². The minimum atomic E-state index is 0. The molecular formula is C91H223N19. The van der Waals surface area contributed by atoms with Crippen molar-refractivity contribution in [2.24, 2.45) is 10.1 Å². The number of hydrogen-bond donors (Lipinski definition) is 9. The van der Waals surface area contributed by atoms with E-state index in [0.717, 1.165) is 65.4 Å². The third kappa shape index (κ3) is 388. The average molecular weight is 1580 g/mol. The molecule has 110 heavy (non-hydrogen) atoms. The molecule has 0 unspecified atom stereocenters. The number of hydrogen-bond acceptors (Lipinski definition) is 16. The van der Waals surface area contributed by atoms with Crippen molar-refractivity contribution >= 4 is 12.6 Å². The van der Waals surface area contributed by atoms with E-state index in [1.54, 1.807) is 93.1 Å². The quantitative estimate of drug-likeness (QED) is 0.0642. The van der Waals surface area contributed by atoms with Gasteiger partial charge in [0.25, 0.3) is 0 Å². The molecule has 0 aliphatic carbocycles. The van der Waals surface area contributed by atoms with E-state index in [1.807, 2.05) is 360 Å². The van der Waals surface area contributed by atoms with Gasteiger partial charge in [0.05, 0.1) is 19.2 Å². The molecule has 9 N–H and O–H groups in total. The Morgan fingerprint density at radius 2 is 0.673 bits per heavy atom. The van der Waals surface area contributed by atoms with Gasteiger partial charge in [0.1, 0.15) is 6.33 Å². The fraction of sp³-hybridized carbons (Fsp3) is 0.692. The van der Waals surface area contributed by atoms with E-state index in [2.05, 4.69) is 116 Å². The van der Waals surface area contributed by atoms with Gasteiger partial charge in [-0.15, -0.1) is 0 Å². The number of aromatic amines is 3. The predicted octanol–water partition coefficient (Wildman–Crippen LogP) is 30.3. The Kier molecular flexibility index (Phi) is 731. The van der Waals surface area contributed by atoms with Gasteiger partial charge in [-0.2, -0.15) is 20.4 Å². The second kappa shape index (κ2) is 400. The SMILES string of the molecule is C.C.C.C.C.C.C.C.C1=CCNC1.C1=CNCC1.C1=NCCN1.C1=NNCC1.C1CNCN1.CC.CC.CC.CC.CC.CC.CC.CC.CC.CC.CC.CC.CC.CC.CC.CC.CC.CC.CC.CC.CC.CC.c1c[nH]cn1.c1cc[nH]c1.c1ccnnc1.c1cn[nH]c1.c1cnccn1.c1cncnc1. The standard InChI is InChI=1S/3C4H4N2.2C4H7N.C4H5N.C3H8N2.C3H6N2.C3H4N2.C3H6N2.C3H4N2.22C2H6.8CH4/c1-2-6-4-3-5-1;1-2-5-4-6-3-1;1-2-4-6-5-3-1;3*1-2-4-5-3-1;3*1-2-5-3-4-1;2*1-2-4-5-3-1;22*1-2;;;;;;;;/h3*1-4H;1,3,5H,2,4H2;1-2,5H,3-4H2;1-5H;4-5H,1-3H2;3H,1-2H2,(H,4,5);1-3H,(H,4,5);2,5H,1,3H2;1-3H,(H,4,5);22*1-2H3;8*1H4. The lowest BCUT2D eigenvalue weighted by molar-refractivity contribution is 0.807. The molecule has 6 aromatic heterocycles. The van der Waals surface area contributed by atoms with Crippen molar-refractivity contribution in [2.75, 3.05) is 59.0 Å². The van der Waals surface area contributed by atoms with Crippen LogP contribution in [0.25, 0.3) is 0 Å². The molecule has 1 fully saturated rings. The molecule has 0 spiro atoms. The Bertz CT molecular complexity index is 1260. The molecule has 0 radical (unpaired) electrons. The van der Waals surface area contributed by atoms with Crippen molar-refractivity contribution in [1.82, 2.24) is 87.3 Å². The van der Waals surface area contributed by atoms with Gasteiger partial charge in [-0.3, -0.25) is 20.1 Å². The molecular weight excluding hydrogens is 1360 g/mol. The zero-order valence-corrected chi connectivity index (χ0v) is 76.9. The van der Waals surface area contributed by atoms with Gasteiger partial charge >= 0.3 is 0 Å². The fourth-order valence-corrected chi connectivity index (χ4v) is 3.39. The number of rotatable bonds is 0. The van der Waals surface area contributed by atoms with Crippen LogP contribution in [0.3, 0.4) is 0 Å². The third-order valence-electron chi connectivity index (χ3n) is 5.99. The molecule has 0 atom stereocenters. The monoisotopic (exact) mass is 1580 g/mol. The minimum absolute atomic E-state index is 0. The van der Waals surface area contributed by atoms with Crippen molar-refractivity contribution in [3.63, 3.8) is 0 Å². The fourth-order valence-electron chi connectivity index (χ4n) is 3.39. The van der Waals surface area contributed by atoms with Gasteiger partial charge in [0.2, 0.25) is 0 Å². The summed E-state index contributed by atoms with van der Waals surface area (Å²) in [7, 11) is 0. The first kappa shape index (κ1) is 201. The van der Waals surface area contributed by atoms with Crippen molar-refractivity contribution in [2.45, 2.75) is 377 Å². The van der Waals surface area contributed by atoms with E-state index in [4.69, 9.17) is 0 Å². The first-order valence-corrected chi connectivity index (χ1v) is 40.7. The van der Waals surface area contributed by atoms with Gasteiger partial charge in [-0.1, -0.05) is 382 Å². The molecule has 11 heterocycles. The van der Waals surface area contributed by atoms with Crippen LogP contribution in [-0.2, 0) is 0 Å². The molecule has 0 amide bonds. The van der Waals surface area contributed by atoms with Crippen molar-refractivity contribution in [3.05, 3.63) is 160 Å². The Hall–Kier alpha value is -6.96. The third-order valence-corrected chi connectivity index (χ3v) is 5.99. The average Bonchev–Trinajstić information content (AvgIpc) is 2.20. The lowest BCUT2D eigenvalue weighted by Gasteiger charge is -1.78. The number of nitrogens with zero attached hydrogens (tertiary/aromatic N) is 10. The lowest BCUT2D eigenvalue weighted by atomic mass is 10.5. The topological polar surface area (TPSA) is 247 Å². The van der Waals surface area contributed by atoms with Crippen LogP contribution in [0.15, 0.2) is 170 Å². The van der Waals surface area contributed by atoms with E-state index in [9.17, 15) is 0 Å². The summed E-state index contributed by atoms with van der Waals surface area (Å²) >= 11 is 0. The summed E-state index contributed by atoms with van der Waals surface area (Å²) < 4.78 is 0. The Morgan fingerprint density at radius 3 is 0.773 bits per heavy atom. The van der Waals surface area contributed by atoms with Gasteiger partial charge < -0.3 is 42.0 Å². The second-order valence-corrected chi connectivity index (χ2v) is 10.6. The summed E-state index contributed by atoms with van der Waals surface area (Å²) in [6.45, 7) is 97.6. The molecule has 0 saturated carbocycles. The highest BCUT2D eigenvalue weighted by atomic mass is 15.3. The molecule has 5 aliphatic heterocycles. The lowest BCUT2D eigenvalue weighted by Crippen LogP contribution is -2.11. The summed E-state index contributed by atoms with van der Waals surface area (Å²) in [4.78, 5) is 27.9. The van der Waals surface area contributed by atoms with Gasteiger partial charge in [0, 0.05) is 152 Å². The second-order valence-electron chi connectivity index (χ2n) is 10.6. The van der Waals surface area contributed by atoms with Crippen molar-refractivity contribution in [1.29, 1.82) is 0 Å². The Balaban J connectivity index is -0.0000000216. The Labute approximate surface area is 702 Å². The summed E-state index contributed by atoms with van der Waals surface area (Å²) in [6, 6.07) is 11.2. The molecule has 19 nitrogen and oxygen atoms in total. The molecule has 19 heteroatoms. The summed E-state index contributed by atoms with van der Waals surface area (Å²) in [5.41, 5.74) is 2.79. The molecule has 5 aliphatic rings. The highest BCUT2D eigenvalue weighted by Gasteiger charge is 1.90. The number of H-pyrrole nitrogens is 3. The highest BCUT2D eigenvalue weighted by molar-refractivity contribution is 5.58.